The first-order valence-corrected chi connectivity index (χ1v) is 3.89. The number of hydrogen-bond donors (Lipinski definition) is 1. The van der Waals surface area contributed by atoms with E-state index in [2.05, 4.69) is 18.6 Å². The number of nitrogens with two attached hydrogens (primary N) is 1. The third-order valence-electron chi connectivity index (χ3n) is 1.57. The minimum atomic E-state index is -0.193. The summed E-state index contributed by atoms with van der Waals surface area (Å²) in [5.74, 6) is 0.170. The second-order valence-electron chi connectivity index (χ2n) is 3.09. The molecule has 0 fully saturated rings. The Labute approximate surface area is 80.1 Å². The smallest absolute Gasteiger partial charge is 0.309 e. The summed E-state index contributed by atoms with van der Waals surface area (Å²) < 4.78 is 4.59. The van der Waals surface area contributed by atoms with E-state index in [4.69, 9.17) is 5.73 Å². The van der Waals surface area contributed by atoms with Gasteiger partial charge in [-0.1, -0.05) is 13.8 Å². The van der Waals surface area contributed by atoms with Crippen molar-refractivity contribution in [2.24, 2.45) is 17.6 Å². The topological polar surface area (TPSA) is 52.3 Å². The lowest BCUT2D eigenvalue weighted by atomic mass is 9.97. The number of halogens is 1. The standard InChI is InChI=1S/C8H17NO2.ClH/c1-6(2)4-7(5-9)8(10)11-3;/h6-7H,4-5,9H2,1-3H3;1H. The summed E-state index contributed by atoms with van der Waals surface area (Å²) in [4.78, 5) is 11.0. The van der Waals surface area contributed by atoms with Crippen LogP contribution in [0, 0.1) is 11.8 Å². The molecule has 0 aromatic rings. The molecular formula is C8H18ClNO2. The minimum absolute atomic E-state index is 0. The first-order valence-electron chi connectivity index (χ1n) is 3.89. The van der Waals surface area contributed by atoms with Crippen molar-refractivity contribution in [1.82, 2.24) is 0 Å². The van der Waals surface area contributed by atoms with Crippen molar-refractivity contribution in [3.8, 4) is 0 Å². The molecule has 2 N–H and O–H groups in total. The molecule has 0 rings (SSSR count). The predicted molar refractivity (Wildman–Crippen MR) is 51.3 cm³/mol. The van der Waals surface area contributed by atoms with E-state index in [9.17, 15) is 4.79 Å². The van der Waals surface area contributed by atoms with Crippen molar-refractivity contribution in [2.45, 2.75) is 20.3 Å². The molecule has 0 amide bonds. The molecule has 1 atom stereocenters. The van der Waals surface area contributed by atoms with Crippen LogP contribution in [-0.4, -0.2) is 19.6 Å². The van der Waals surface area contributed by atoms with Crippen molar-refractivity contribution in [3.05, 3.63) is 0 Å². The Balaban J connectivity index is 0. The van der Waals surface area contributed by atoms with Gasteiger partial charge in [0.05, 0.1) is 13.0 Å². The van der Waals surface area contributed by atoms with E-state index in [0.29, 0.717) is 12.5 Å². The van der Waals surface area contributed by atoms with Crippen LogP contribution in [0.1, 0.15) is 20.3 Å². The largest absolute Gasteiger partial charge is 0.469 e. The van der Waals surface area contributed by atoms with Crippen molar-refractivity contribution >= 4 is 18.4 Å². The maximum Gasteiger partial charge on any atom is 0.309 e. The Morgan fingerprint density at radius 2 is 2.00 bits per heavy atom. The van der Waals surface area contributed by atoms with Crippen molar-refractivity contribution < 1.29 is 9.53 Å². The molecule has 0 aromatic carbocycles. The fourth-order valence-electron chi connectivity index (χ4n) is 1.02. The zero-order valence-corrected chi connectivity index (χ0v) is 8.69. The summed E-state index contributed by atoms with van der Waals surface area (Å²) >= 11 is 0. The second kappa shape index (κ2) is 7.37. The van der Waals surface area contributed by atoms with E-state index in [1.165, 1.54) is 7.11 Å². The van der Waals surface area contributed by atoms with Gasteiger partial charge in [-0.2, -0.15) is 0 Å². The van der Waals surface area contributed by atoms with Crippen LogP contribution in [0.15, 0.2) is 0 Å². The lowest BCUT2D eigenvalue weighted by Gasteiger charge is -2.13. The highest BCUT2D eigenvalue weighted by Gasteiger charge is 2.17. The van der Waals surface area contributed by atoms with Gasteiger partial charge in [-0.3, -0.25) is 4.79 Å². The molecule has 4 heteroatoms. The lowest BCUT2D eigenvalue weighted by Crippen LogP contribution is -2.26. The van der Waals surface area contributed by atoms with Gasteiger partial charge in [0.1, 0.15) is 0 Å². The highest BCUT2D eigenvalue weighted by atomic mass is 35.5. The normalized spacial score (nSPS) is 12.1. The first-order chi connectivity index (χ1) is 5.11. The molecule has 0 aliphatic carbocycles. The molecule has 0 aliphatic rings. The number of hydrogen-bond acceptors (Lipinski definition) is 3. The van der Waals surface area contributed by atoms with Gasteiger partial charge in [-0.05, 0) is 12.3 Å². The van der Waals surface area contributed by atoms with Gasteiger partial charge in [-0.25, -0.2) is 0 Å². The molecule has 12 heavy (non-hydrogen) atoms. The zero-order valence-electron chi connectivity index (χ0n) is 7.87. The molecule has 74 valence electrons. The summed E-state index contributed by atoms with van der Waals surface area (Å²) in [6.45, 7) is 4.50. The van der Waals surface area contributed by atoms with Crippen molar-refractivity contribution in [3.63, 3.8) is 0 Å². The van der Waals surface area contributed by atoms with Gasteiger partial charge in [0.2, 0.25) is 0 Å². The fourth-order valence-corrected chi connectivity index (χ4v) is 1.02. The molecule has 0 radical (unpaired) electrons. The monoisotopic (exact) mass is 195 g/mol. The van der Waals surface area contributed by atoms with Gasteiger partial charge in [0.15, 0.2) is 0 Å². The number of carbonyl (C=O) groups is 1. The number of methoxy groups -OCH3 is 1. The Morgan fingerprint density at radius 3 is 2.25 bits per heavy atom. The van der Waals surface area contributed by atoms with E-state index < -0.39 is 0 Å². The Morgan fingerprint density at radius 1 is 1.50 bits per heavy atom. The summed E-state index contributed by atoms with van der Waals surface area (Å²) in [6.07, 6.45) is 0.809. The van der Waals surface area contributed by atoms with Gasteiger partial charge < -0.3 is 10.5 Å². The highest BCUT2D eigenvalue weighted by molar-refractivity contribution is 5.85. The molecule has 0 spiro atoms. The van der Waals surface area contributed by atoms with E-state index in [1.54, 1.807) is 0 Å². The minimum Gasteiger partial charge on any atom is -0.469 e. The van der Waals surface area contributed by atoms with Crippen molar-refractivity contribution in [1.29, 1.82) is 0 Å². The Bertz CT molecular complexity index is 128. The quantitative estimate of drug-likeness (QED) is 0.686. The van der Waals surface area contributed by atoms with E-state index >= 15 is 0 Å². The fraction of sp³-hybridized carbons (Fsp3) is 0.875. The average molecular weight is 196 g/mol. The Kier molecular flexibility index (Phi) is 8.76. The second-order valence-corrected chi connectivity index (χ2v) is 3.09. The van der Waals surface area contributed by atoms with Crippen LogP contribution >= 0.6 is 12.4 Å². The van der Waals surface area contributed by atoms with E-state index in [-0.39, 0.29) is 24.3 Å². The SMILES string of the molecule is COC(=O)C(CN)CC(C)C.Cl. The molecule has 0 bridgehead atoms. The molecule has 0 aliphatic heterocycles. The van der Waals surface area contributed by atoms with Crippen LogP contribution in [0.4, 0.5) is 0 Å². The third-order valence-corrected chi connectivity index (χ3v) is 1.57. The van der Waals surface area contributed by atoms with Crippen LogP contribution in [0.25, 0.3) is 0 Å². The molecular weight excluding hydrogens is 178 g/mol. The van der Waals surface area contributed by atoms with E-state index in [1.807, 2.05) is 0 Å². The summed E-state index contributed by atoms with van der Waals surface area (Å²) in [6, 6.07) is 0. The number of esters is 1. The van der Waals surface area contributed by atoms with Crippen LogP contribution < -0.4 is 5.73 Å². The molecule has 0 saturated carbocycles. The summed E-state index contributed by atoms with van der Waals surface area (Å²) in [5, 5.41) is 0. The zero-order chi connectivity index (χ0) is 8.85. The predicted octanol–water partition coefficient (Wildman–Crippen LogP) is 1.20. The third kappa shape index (κ3) is 5.38. The molecule has 3 nitrogen and oxygen atoms in total. The van der Waals surface area contributed by atoms with Crippen LogP contribution in [0.5, 0.6) is 0 Å². The number of ether oxygens (including phenoxy) is 1. The van der Waals surface area contributed by atoms with Crippen LogP contribution in [-0.2, 0) is 9.53 Å². The van der Waals surface area contributed by atoms with E-state index in [0.717, 1.165) is 6.42 Å². The molecule has 1 unspecified atom stereocenters. The van der Waals surface area contributed by atoms with Crippen LogP contribution in [0.3, 0.4) is 0 Å². The van der Waals surface area contributed by atoms with Crippen LogP contribution in [0.2, 0.25) is 0 Å². The average Bonchev–Trinajstić information content (AvgIpc) is 1.98. The number of carbonyl (C=O) groups excluding carboxylic acids is 1. The number of rotatable bonds is 4. The van der Waals surface area contributed by atoms with Gasteiger partial charge in [-0.15, -0.1) is 12.4 Å². The van der Waals surface area contributed by atoms with Gasteiger partial charge in [0, 0.05) is 6.54 Å². The lowest BCUT2D eigenvalue weighted by molar-refractivity contribution is -0.145. The summed E-state index contributed by atoms with van der Waals surface area (Å²) in [5.41, 5.74) is 5.40. The van der Waals surface area contributed by atoms with Gasteiger partial charge in [0.25, 0.3) is 0 Å². The maximum atomic E-state index is 11.0. The summed E-state index contributed by atoms with van der Waals surface area (Å²) in [7, 11) is 1.39. The molecule has 0 aromatic heterocycles. The maximum absolute atomic E-state index is 11.0. The first kappa shape index (κ1) is 14.3. The van der Waals surface area contributed by atoms with Gasteiger partial charge >= 0.3 is 5.97 Å². The molecule has 0 heterocycles. The Hall–Kier alpha value is -0.280. The highest BCUT2D eigenvalue weighted by Crippen LogP contribution is 2.11. The molecule has 0 saturated heterocycles. The van der Waals surface area contributed by atoms with Crippen molar-refractivity contribution in [2.75, 3.05) is 13.7 Å².